The maximum Gasteiger partial charge on any atom is 0.256 e. The van der Waals surface area contributed by atoms with Crippen LogP contribution in [0.1, 0.15) is 17.5 Å². The van der Waals surface area contributed by atoms with Gasteiger partial charge in [0.25, 0.3) is 5.91 Å². The van der Waals surface area contributed by atoms with Crippen molar-refractivity contribution in [3.05, 3.63) is 53.6 Å². The van der Waals surface area contributed by atoms with E-state index in [-0.39, 0.29) is 18.2 Å². The number of rotatable bonds is 4. The minimum atomic E-state index is -0.550. The number of amides is 2. The van der Waals surface area contributed by atoms with Crippen LogP contribution in [0, 0.1) is 13.8 Å². The molecule has 2 amide bonds. The fourth-order valence-electron chi connectivity index (χ4n) is 2.80. The van der Waals surface area contributed by atoms with Crippen molar-refractivity contribution < 1.29 is 14.3 Å². The number of aryl methyl sites for hydroxylation is 2. The first-order chi connectivity index (χ1) is 11.5. The standard InChI is InChI=1S/C19H20N2O3/c1-12-7-8-14(9-13(12)2)20-17-11-18(22)21(19(17)23)15-5-4-6-16(10-15)24-3/h4-10,17,20H,11H2,1-3H3/t17-/m0/s1. The van der Waals surface area contributed by atoms with E-state index in [2.05, 4.69) is 5.32 Å². The summed E-state index contributed by atoms with van der Waals surface area (Å²) in [4.78, 5) is 26.2. The first-order valence-corrected chi connectivity index (χ1v) is 7.84. The highest BCUT2D eigenvalue weighted by Crippen LogP contribution is 2.28. The molecule has 1 fully saturated rings. The van der Waals surface area contributed by atoms with Crippen LogP contribution in [0.15, 0.2) is 42.5 Å². The van der Waals surface area contributed by atoms with Crippen molar-refractivity contribution in [1.82, 2.24) is 0 Å². The summed E-state index contributed by atoms with van der Waals surface area (Å²) in [7, 11) is 1.55. The van der Waals surface area contributed by atoms with Crippen LogP contribution < -0.4 is 15.0 Å². The van der Waals surface area contributed by atoms with E-state index in [0.29, 0.717) is 11.4 Å². The molecule has 0 aliphatic carbocycles. The van der Waals surface area contributed by atoms with Gasteiger partial charge < -0.3 is 10.1 Å². The lowest BCUT2D eigenvalue weighted by molar-refractivity contribution is -0.121. The Labute approximate surface area is 141 Å². The van der Waals surface area contributed by atoms with E-state index in [1.54, 1.807) is 31.4 Å². The van der Waals surface area contributed by atoms with Crippen LogP contribution in [-0.4, -0.2) is 25.0 Å². The predicted molar refractivity (Wildman–Crippen MR) is 93.4 cm³/mol. The van der Waals surface area contributed by atoms with Gasteiger partial charge in [0.2, 0.25) is 5.91 Å². The van der Waals surface area contributed by atoms with E-state index in [1.807, 2.05) is 32.0 Å². The van der Waals surface area contributed by atoms with Crippen LogP contribution in [0.4, 0.5) is 11.4 Å². The third-order valence-electron chi connectivity index (χ3n) is 4.31. The van der Waals surface area contributed by atoms with Gasteiger partial charge in [0.05, 0.1) is 19.2 Å². The molecule has 0 radical (unpaired) electrons. The summed E-state index contributed by atoms with van der Waals surface area (Å²) in [6, 6.07) is 12.3. The number of imide groups is 1. The van der Waals surface area contributed by atoms with Crippen LogP contribution >= 0.6 is 0 Å². The van der Waals surface area contributed by atoms with Crippen molar-refractivity contribution in [1.29, 1.82) is 0 Å². The Morgan fingerprint density at radius 1 is 1.08 bits per heavy atom. The topological polar surface area (TPSA) is 58.6 Å². The first-order valence-electron chi connectivity index (χ1n) is 7.84. The molecule has 0 unspecified atom stereocenters. The van der Waals surface area contributed by atoms with Gasteiger partial charge in [-0.25, -0.2) is 4.90 Å². The lowest BCUT2D eigenvalue weighted by atomic mass is 10.1. The second-order valence-corrected chi connectivity index (χ2v) is 5.97. The maximum absolute atomic E-state index is 12.7. The van der Waals surface area contributed by atoms with Gasteiger partial charge >= 0.3 is 0 Å². The molecule has 3 rings (SSSR count). The van der Waals surface area contributed by atoms with Gasteiger partial charge in [-0.05, 0) is 49.2 Å². The average molecular weight is 324 g/mol. The van der Waals surface area contributed by atoms with Crippen LogP contribution in [-0.2, 0) is 9.59 Å². The Morgan fingerprint density at radius 3 is 2.58 bits per heavy atom. The molecule has 0 bridgehead atoms. The minimum absolute atomic E-state index is 0.142. The fourth-order valence-corrected chi connectivity index (χ4v) is 2.80. The zero-order chi connectivity index (χ0) is 17.3. The Balaban J connectivity index is 1.82. The number of carbonyl (C=O) groups excluding carboxylic acids is 2. The molecule has 1 atom stereocenters. The molecule has 2 aromatic carbocycles. The highest BCUT2D eigenvalue weighted by Gasteiger charge is 2.39. The molecule has 5 nitrogen and oxygen atoms in total. The second-order valence-electron chi connectivity index (χ2n) is 5.97. The zero-order valence-corrected chi connectivity index (χ0v) is 14.0. The molecule has 1 saturated heterocycles. The number of hydrogen-bond acceptors (Lipinski definition) is 4. The summed E-state index contributed by atoms with van der Waals surface area (Å²) in [6.45, 7) is 4.05. The maximum atomic E-state index is 12.7. The van der Waals surface area contributed by atoms with E-state index >= 15 is 0 Å². The molecular weight excluding hydrogens is 304 g/mol. The number of nitrogens with one attached hydrogen (secondary N) is 1. The molecule has 1 aliphatic rings. The molecular formula is C19H20N2O3. The largest absolute Gasteiger partial charge is 0.497 e. The molecule has 24 heavy (non-hydrogen) atoms. The average Bonchev–Trinajstić information content (AvgIpc) is 2.85. The lowest BCUT2D eigenvalue weighted by Crippen LogP contribution is -2.34. The van der Waals surface area contributed by atoms with Crippen molar-refractivity contribution in [2.45, 2.75) is 26.3 Å². The summed E-state index contributed by atoms with van der Waals surface area (Å²) < 4.78 is 5.17. The zero-order valence-electron chi connectivity index (χ0n) is 14.0. The second kappa shape index (κ2) is 6.35. The number of nitrogens with zero attached hydrogens (tertiary/aromatic N) is 1. The van der Waals surface area contributed by atoms with Crippen molar-refractivity contribution in [2.75, 3.05) is 17.3 Å². The summed E-state index contributed by atoms with van der Waals surface area (Å²) >= 11 is 0. The van der Waals surface area contributed by atoms with E-state index in [1.165, 1.54) is 10.5 Å². The molecule has 5 heteroatoms. The van der Waals surface area contributed by atoms with Gasteiger partial charge in [-0.15, -0.1) is 0 Å². The van der Waals surface area contributed by atoms with E-state index < -0.39 is 6.04 Å². The highest BCUT2D eigenvalue weighted by molar-refractivity contribution is 6.23. The fraction of sp³-hybridized carbons (Fsp3) is 0.263. The number of anilines is 2. The van der Waals surface area contributed by atoms with Crippen molar-refractivity contribution >= 4 is 23.2 Å². The predicted octanol–water partition coefficient (Wildman–Crippen LogP) is 3.06. The first kappa shape index (κ1) is 16.1. The molecule has 2 aromatic rings. The van der Waals surface area contributed by atoms with Crippen molar-refractivity contribution in [2.24, 2.45) is 0 Å². The SMILES string of the molecule is COc1cccc(N2C(=O)C[C@H](Nc3ccc(C)c(C)c3)C2=O)c1. The Morgan fingerprint density at radius 2 is 1.88 bits per heavy atom. The molecule has 1 aliphatic heterocycles. The quantitative estimate of drug-likeness (QED) is 0.878. The van der Waals surface area contributed by atoms with Crippen LogP contribution in [0.2, 0.25) is 0 Å². The summed E-state index contributed by atoms with van der Waals surface area (Å²) in [5, 5.41) is 3.17. The van der Waals surface area contributed by atoms with Crippen LogP contribution in [0.5, 0.6) is 5.75 Å². The van der Waals surface area contributed by atoms with Crippen LogP contribution in [0.25, 0.3) is 0 Å². The Bertz CT molecular complexity index is 801. The number of hydrogen-bond donors (Lipinski definition) is 1. The number of ether oxygens (including phenoxy) is 1. The summed E-state index contributed by atoms with van der Waals surface area (Å²) in [6.07, 6.45) is 0.142. The molecule has 0 aromatic heterocycles. The third-order valence-corrected chi connectivity index (χ3v) is 4.31. The Kier molecular flexibility index (Phi) is 4.25. The number of carbonyl (C=O) groups is 2. The monoisotopic (exact) mass is 324 g/mol. The lowest BCUT2D eigenvalue weighted by Gasteiger charge is -2.17. The van der Waals surface area contributed by atoms with Gasteiger partial charge in [0, 0.05) is 11.8 Å². The van der Waals surface area contributed by atoms with Gasteiger partial charge in [-0.3, -0.25) is 9.59 Å². The molecule has 1 heterocycles. The molecule has 0 saturated carbocycles. The summed E-state index contributed by atoms with van der Waals surface area (Å²) in [5.74, 6) is 0.153. The molecule has 124 valence electrons. The van der Waals surface area contributed by atoms with Gasteiger partial charge in [0.1, 0.15) is 11.8 Å². The van der Waals surface area contributed by atoms with E-state index in [0.717, 1.165) is 11.3 Å². The van der Waals surface area contributed by atoms with E-state index in [4.69, 9.17) is 4.74 Å². The highest BCUT2D eigenvalue weighted by atomic mass is 16.5. The minimum Gasteiger partial charge on any atom is -0.497 e. The normalized spacial score (nSPS) is 17.3. The summed E-state index contributed by atoms with van der Waals surface area (Å²) in [5.41, 5.74) is 3.71. The molecule has 0 spiro atoms. The van der Waals surface area contributed by atoms with Crippen molar-refractivity contribution in [3.63, 3.8) is 0 Å². The Hall–Kier alpha value is -2.82. The third kappa shape index (κ3) is 2.97. The van der Waals surface area contributed by atoms with Crippen molar-refractivity contribution in [3.8, 4) is 5.75 Å². The van der Waals surface area contributed by atoms with Gasteiger partial charge in [-0.2, -0.15) is 0 Å². The van der Waals surface area contributed by atoms with Gasteiger partial charge in [-0.1, -0.05) is 12.1 Å². The number of benzene rings is 2. The smallest absolute Gasteiger partial charge is 0.256 e. The van der Waals surface area contributed by atoms with Gasteiger partial charge in [0.15, 0.2) is 0 Å². The number of methoxy groups -OCH3 is 1. The van der Waals surface area contributed by atoms with E-state index in [9.17, 15) is 9.59 Å². The molecule has 1 N–H and O–H groups in total. The van der Waals surface area contributed by atoms with Crippen LogP contribution in [0.3, 0.4) is 0 Å².